The molecule has 2 aromatic carbocycles. The Balaban J connectivity index is 1.42. The maximum Gasteiger partial charge on any atom is 0.261 e. The minimum absolute atomic E-state index is 0.00125. The van der Waals surface area contributed by atoms with Crippen molar-refractivity contribution >= 4 is 39.2 Å². The number of thiophene rings is 1. The summed E-state index contributed by atoms with van der Waals surface area (Å²) in [5.74, 6) is -1.07. The summed E-state index contributed by atoms with van der Waals surface area (Å²) in [6.45, 7) is 0.264. The molecule has 9 heteroatoms. The number of nitrogens with one attached hydrogen (secondary N) is 3. The molecule has 0 aliphatic carbocycles. The zero-order valence-electron chi connectivity index (χ0n) is 15.5. The number of anilines is 1. The van der Waals surface area contributed by atoms with Crippen LogP contribution in [-0.2, 0) is 17.8 Å². The van der Waals surface area contributed by atoms with E-state index in [4.69, 9.17) is 0 Å². The van der Waals surface area contributed by atoms with Crippen LogP contribution in [0.25, 0.3) is 10.2 Å². The average molecular weight is 426 g/mol. The number of aromatic nitrogens is 2. The predicted octanol–water partition coefficient (Wildman–Crippen LogP) is 4.01. The lowest BCUT2D eigenvalue weighted by Gasteiger charge is -2.04. The molecule has 3 N–H and O–H groups in total. The van der Waals surface area contributed by atoms with Gasteiger partial charge in [0.25, 0.3) is 5.91 Å². The Morgan fingerprint density at radius 2 is 1.80 bits per heavy atom. The van der Waals surface area contributed by atoms with Gasteiger partial charge in [0.2, 0.25) is 5.91 Å². The van der Waals surface area contributed by atoms with E-state index in [9.17, 15) is 18.4 Å². The van der Waals surface area contributed by atoms with E-state index in [0.717, 1.165) is 5.56 Å². The fourth-order valence-electron chi connectivity index (χ4n) is 2.90. The molecule has 2 aromatic heterocycles. The molecule has 0 saturated carbocycles. The summed E-state index contributed by atoms with van der Waals surface area (Å²) in [5, 5.41) is 12.9. The number of carbonyl (C=O) groups excluding carboxylic acids is 2. The van der Waals surface area contributed by atoms with Gasteiger partial charge in [-0.05, 0) is 41.5 Å². The molecule has 0 fully saturated rings. The van der Waals surface area contributed by atoms with Crippen molar-refractivity contribution in [3.05, 3.63) is 82.2 Å². The number of amides is 2. The van der Waals surface area contributed by atoms with Gasteiger partial charge in [-0.1, -0.05) is 24.3 Å². The number of fused-ring (bicyclic) bond motifs is 1. The van der Waals surface area contributed by atoms with Gasteiger partial charge in [0.1, 0.15) is 16.5 Å². The van der Waals surface area contributed by atoms with Gasteiger partial charge in [0.05, 0.1) is 16.7 Å². The Kier molecular flexibility index (Phi) is 5.53. The Hall–Kier alpha value is -3.59. The number of hydrogen-bond donors (Lipinski definition) is 3. The van der Waals surface area contributed by atoms with Crippen LogP contribution in [0.2, 0.25) is 0 Å². The standard InChI is InChI=1S/C21H16F2N4O2S/c22-14-6-4-12(5-7-14)11-24-20(29)17-10-16-19(26-27-21(16)30-17)25-18(28)9-13-2-1-3-15(23)8-13/h1-8,10H,9,11H2,(H,24,29)(H2,25,26,27,28). The van der Waals surface area contributed by atoms with Crippen molar-refractivity contribution < 1.29 is 18.4 Å². The van der Waals surface area contributed by atoms with E-state index < -0.39 is 5.82 Å². The molecule has 4 aromatic rings. The number of rotatable bonds is 6. The fraction of sp³-hybridized carbons (Fsp3) is 0.0952. The predicted molar refractivity (Wildman–Crippen MR) is 110 cm³/mol. The lowest BCUT2D eigenvalue weighted by atomic mass is 10.1. The van der Waals surface area contributed by atoms with Gasteiger partial charge in [-0.15, -0.1) is 11.3 Å². The highest BCUT2D eigenvalue weighted by Crippen LogP contribution is 2.29. The summed E-state index contributed by atoms with van der Waals surface area (Å²) >= 11 is 1.21. The van der Waals surface area contributed by atoms with Crippen LogP contribution < -0.4 is 10.6 Å². The molecule has 0 aliphatic heterocycles. The van der Waals surface area contributed by atoms with Gasteiger partial charge >= 0.3 is 0 Å². The van der Waals surface area contributed by atoms with Crippen molar-refractivity contribution in [1.82, 2.24) is 15.5 Å². The Morgan fingerprint density at radius 1 is 1.00 bits per heavy atom. The van der Waals surface area contributed by atoms with E-state index >= 15 is 0 Å². The lowest BCUT2D eigenvalue weighted by Crippen LogP contribution is -2.21. The third kappa shape index (κ3) is 4.52. The van der Waals surface area contributed by atoms with E-state index in [2.05, 4.69) is 20.8 Å². The molecule has 0 spiro atoms. The number of halogens is 2. The second kappa shape index (κ2) is 8.42. The molecule has 2 heterocycles. The maximum absolute atomic E-state index is 13.3. The van der Waals surface area contributed by atoms with Crippen LogP contribution >= 0.6 is 11.3 Å². The smallest absolute Gasteiger partial charge is 0.261 e. The number of nitrogens with zero attached hydrogens (tertiary/aromatic N) is 1. The highest BCUT2D eigenvalue weighted by molar-refractivity contribution is 7.20. The van der Waals surface area contributed by atoms with Crippen LogP contribution in [0.3, 0.4) is 0 Å². The summed E-state index contributed by atoms with van der Waals surface area (Å²) in [7, 11) is 0. The molecular formula is C21H16F2N4O2S. The maximum atomic E-state index is 13.3. The first-order chi connectivity index (χ1) is 14.5. The van der Waals surface area contributed by atoms with Gasteiger partial charge in [0, 0.05) is 6.54 Å². The van der Waals surface area contributed by atoms with Crippen molar-refractivity contribution in [2.45, 2.75) is 13.0 Å². The summed E-state index contributed by atoms with van der Waals surface area (Å²) in [4.78, 5) is 25.8. The molecule has 0 unspecified atom stereocenters. The molecule has 30 heavy (non-hydrogen) atoms. The number of benzene rings is 2. The second-order valence-corrected chi connectivity index (χ2v) is 7.64. The Morgan fingerprint density at radius 3 is 2.57 bits per heavy atom. The van der Waals surface area contributed by atoms with Gasteiger partial charge in [-0.2, -0.15) is 5.10 Å². The first kappa shape index (κ1) is 19.7. The summed E-state index contributed by atoms with van der Waals surface area (Å²) < 4.78 is 26.2. The summed E-state index contributed by atoms with van der Waals surface area (Å²) in [5.41, 5.74) is 1.32. The van der Waals surface area contributed by atoms with E-state index in [1.807, 2.05) is 0 Å². The van der Waals surface area contributed by atoms with Crippen molar-refractivity contribution in [1.29, 1.82) is 0 Å². The molecule has 0 saturated heterocycles. The quantitative estimate of drug-likeness (QED) is 0.435. The Labute approximate surface area is 173 Å². The van der Waals surface area contributed by atoms with Gasteiger partial charge < -0.3 is 10.6 Å². The van der Waals surface area contributed by atoms with Gasteiger partial charge in [0.15, 0.2) is 5.82 Å². The van der Waals surface area contributed by atoms with Crippen LogP contribution in [0, 0.1) is 11.6 Å². The molecular weight excluding hydrogens is 410 g/mol. The average Bonchev–Trinajstić information content (AvgIpc) is 3.29. The van der Waals surface area contributed by atoms with Gasteiger partial charge in [-0.3, -0.25) is 14.7 Å². The van der Waals surface area contributed by atoms with Crippen molar-refractivity contribution in [2.75, 3.05) is 5.32 Å². The number of carbonyl (C=O) groups is 2. The van der Waals surface area contributed by atoms with Crippen LogP contribution in [0.15, 0.2) is 54.6 Å². The second-order valence-electron chi connectivity index (χ2n) is 6.59. The number of aromatic amines is 1. The van der Waals surface area contributed by atoms with Crippen LogP contribution in [0.5, 0.6) is 0 Å². The normalized spacial score (nSPS) is 10.9. The van der Waals surface area contributed by atoms with E-state index in [0.29, 0.717) is 26.5 Å². The van der Waals surface area contributed by atoms with Crippen molar-refractivity contribution in [3.63, 3.8) is 0 Å². The van der Waals surface area contributed by atoms with Crippen LogP contribution in [0.4, 0.5) is 14.6 Å². The zero-order valence-corrected chi connectivity index (χ0v) is 16.4. The molecule has 0 atom stereocenters. The first-order valence-corrected chi connectivity index (χ1v) is 9.84. The topological polar surface area (TPSA) is 86.9 Å². The third-order valence-corrected chi connectivity index (χ3v) is 5.40. The highest BCUT2D eigenvalue weighted by atomic mass is 32.1. The van der Waals surface area contributed by atoms with E-state index in [-0.39, 0.29) is 30.6 Å². The molecule has 0 bridgehead atoms. The van der Waals surface area contributed by atoms with Crippen LogP contribution in [0.1, 0.15) is 20.8 Å². The molecule has 152 valence electrons. The molecule has 6 nitrogen and oxygen atoms in total. The SMILES string of the molecule is O=C(Cc1cccc(F)c1)Nc1n[nH]c2sc(C(=O)NCc3ccc(F)cc3)cc12. The number of H-pyrrole nitrogens is 1. The fourth-order valence-corrected chi connectivity index (χ4v) is 3.82. The van der Waals surface area contributed by atoms with E-state index in [1.165, 1.54) is 35.6 Å². The van der Waals surface area contributed by atoms with Crippen molar-refractivity contribution in [2.24, 2.45) is 0 Å². The third-order valence-electron chi connectivity index (χ3n) is 4.36. The Bertz CT molecular complexity index is 1220. The summed E-state index contributed by atoms with van der Waals surface area (Å²) in [6, 6.07) is 13.3. The monoisotopic (exact) mass is 426 g/mol. The van der Waals surface area contributed by atoms with Crippen molar-refractivity contribution in [3.8, 4) is 0 Å². The first-order valence-electron chi connectivity index (χ1n) is 9.03. The zero-order chi connectivity index (χ0) is 21.1. The van der Waals surface area contributed by atoms with Crippen LogP contribution in [-0.4, -0.2) is 22.0 Å². The molecule has 4 rings (SSSR count). The minimum Gasteiger partial charge on any atom is -0.347 e. The lowest BCUT2D eigenvalue weighted by molar-refractivity contribution is -0.115. The minimum atomic E-state index is -0.406. The highest BCUT2D eigenvalue weighted by Gasteiger charge is 2.16. The molecule has 2 amide bonds. The number of hydrogen-bond acceptors (Lipinski definition) is 4. The molecule has 0 radical (unpaired) electrons. The van der Waals surface area contributed by atoms with E-state index in [1.54, 1.807) is 30.3 Å². The van der Waals surface area contributed by atoms with Gasteiger partial charge in [-0.25, -0.2) is 8.78 Å². The largest absolute Gasteiger partial charge is 0.347 e. The summed E-state index contributed by atoms with van der Waals surface area (Å²) in [6.07, 6.45) is 0.00125. The molecule has 0 aliphatic rings.